The summed E-state index contributed by atoms with van der Waals surface area (Å²) < 4.78 is 6.23. The van der Waals surface area contributed by atoms with Gasteiger partial charge < -0.3 is 10.5 Å². The Labute approximate surface area is 115 Å². The maximum atomic E-state index is 11.3. The maximum Gasteiger partial charge on any atom is 0.327 e. The predicted molar refractivity (Wildman–Crippen MR) is 71.5 cm³/mol. The average molecular weight is 281 g/mol. The Morgan fingerprint density at radius 1 is 1.53 bits per heavy atom. The number of halogens is 1. The predicted octanol–water partition coefficient (Wildman–Crippen LogP) is 1.74. The van der Waals surface area contributed by atoms with E-state index >= 15 is 0 Å². The van der Waals surface area contributed by atoms with Crippen molar-refractivity contribution in [3.63, 3.8) is 0 Å². The molecule has 0 radical (unpaired) electrons. The van der Waals surface area contributed by atoms with Crippen LogP contribution in [-0.2, 0) is 16.1 Å². The molecular weight excluding hydrogens is 268 g/mol. The molecule has 0 spiro atoms. The summed E-state index contributed by atoms with van der Waals surface area (Å²) in [4.78, 5) is 11.3. The number of aromatic nitrogens is 3. The molecule has 7 heteroatoms. The fourth-order valence-electron chi connectivity index (χ4n) is 1.58. The van der Waals surface area contributed by atoms with Crippen molar-refractivity contribution < 1.29 is 9.53 Å². The van der Waals surface area contributed by atoms with Gasteiger partial charge >= 0.3 is 5.97 Å². The summed E-state index contributed by atoms with van der Waals surface area (Å²) in [5, 5.41) is 8.34. The van der Waals surface area contributed by atoms with Gasteiger partial charge in [-0.3, -0.25) is 4.79 Å². The van der Waals surface area contributed by atoms with Gasteiger partial charge in [0.05, 0.1) is 17.8 Å². The van der Waals surface area contributed by atoms with Crippen LogP contribution in [0.15, 0.2) is 24.4 Å². The molecule has 0 atom stereocenters. The molecule has 2 aromatic rings. The second kappa shape index (κ2) is 5.71. The largest absolute Gasteiger partial charge is 0.465 e. The molecule has 1 aromatic carbocycles. The molecule has 0 aliphatic heterocycles. The van der Waals surface area contributed by atoms with E-state index in [2.05, 4.69) is 10.3 Å². The highest BCUT2D eigenvalue weighted by Gasteiger charge is 2.10. The van der Waals surface area contributed by atoms with Gasteiger partial charge in [0, 0.05) is 11.3 Å². The highest BCUT2D eigenvalue weighted by Crippen LogP contribution is 2.27. The second-order valence-corrected chi connectivity index (χ2v) is 4.25. The standard InChI is InChI=1S/C12H13ClN4O2/c1-2-19-12(18)7-17-6-11(15-16-17)9-5-8(14)3-4-10(9)13/h3-6H,2,7,14H2,1H3. The van der Waals surface area contributed by atoms with Crippen LogP contribution in [0.2, 0.25) is 5.02 Å². The number of carbonyl (C=O) groups excluding carboxylic acids is 1. The quantitative estimate of drug-likeness (QED) is 0.681. The van der Waals surface area contributed by atoms with Crippen LogP contribution in [-0.4, -0.2) is 27.6 Å². The Kier molecular flexibility index (Phi) is 4.01. The lowest BCUT2D eigenvalue weighted by atomic mass is 10.1. The van der Waals surface area contributed by atoms with Gasteiger partial charge in [0.25, 0.3) is 0 Å². The fraction of sp³-hybridized carbons (Fsp3) is 0.250. The average Bonchev–Trinajstić information content (AvgIpc) is 2.81. The first kappa shape index (κ1) is 13.4. The van der Waals surface area contributed by atoms with Gasteiger partial charge in [0.1, 0.15) is 12.2 Å². The number of ether oxygens (including phenoxy) is 1. The smallest absolute Gasteiger partial charge is 0.327 e. The molecule has 0 aliphatic rings. The summed E-state index contributed by atoms with van der Waals surface area (Å²) >= 11 is 6.07. The molecule has 19 heavy (non-hydrogen) atoms. The van der Waals surface area contributed by atoms with Crippen molar-refractivity contribution in [3.05, 3.63) is 29.4 Å². The maximum absolute atomic E-state index is 11.3. The van der Waals surface area contributed by atoms with E-state index in [-0.39, 0.29) is 12.5 Å². The topological polar surface area (TPSA) is 83.0 Å². The van der Waals surface area contributed by atoms with Crippen LogP contribution >= 0.6 is 11.6 Å². The highest BCUT2D eigenvalue weighted by atomic mass is 35.5. The second-order valence-electron chi connectivity index (χ2n) is 3.85. The number of rotatable bonds is 4. The molecule has 0 bridgehead atoms. The number of hydrogen-bond donors (Lipinski definition) is 1. The molecule has 1 aromatic heterocycles. The molecular formula is C12H13ClN4O2. The van der Waals surface area contributed by atoms with Crippen LogP contribution in [0.1, 0.15) is 6.92 Å². The lowest BCUT2D eigenvalue weighted by Crippen LogP contribution is -2.13. The number of esters is 1. The van der Waals surface area contributed by atoms with Gasteiger partial charge in [-0.1, -0.05) is 16.8 Å². The summed E-state index contributed by atoms with van der Waals surface area (Å²) in [6.45, 7) is 2.10. The van der Waals surface area contributed by atoms with E-state index < -0.39 is 0 Å². The van der Waals surface area contributed by atoms with Crippen LogP contribution < -0.4 is 5.73 Å². The van der Waals surface area contributed by atoms with Crippen LogP contribution in [0.5, 0.6) is 0 Å². The number of nitrogens with zero attached hydrogens (tertiary/aromatic N) is 3. The zero-order chi connectivity index (χ0) is 13.8. The van der Waals surface area contributed by atoms with Crippen molar-refractivity contribution in [2.75, 3.05) is 12.3 Å². The number of anilines is 1. The van der Waals surface area contributed by atoms with Gasteiger partial charge in [-0.25, -0.2) is 4.68 Å². The Bertz CT molecular complexity index is 597. The van der Waals surface area contributed by atoms with Crippen molar-refractivity contribution in [1.29, 1.82) is 0 Å². The third-order valence-corrected chi connectivity index (χ3v) is 2.73. The number of nitrogens with two attached hydrogens (primary N) is 1. The monoisotopic (exact) mass is 280 g/mol. The Hall–Kier alpha value is -2.08. The molecule has 0 fully saturated rings. The van der Waals surface area contributed by atoms with Crippen LogP contribution in [0, 0.1) is 0 Å². The molecule has 100 valence electrons. The van der Waals surface area contributed by atoms with E-state index in [9.17, 15) is 4.79 Å². The molecule has 0 saturated carbocycles. The number of benzene rings is 1. The third kappa shape index (κ3) is 3.23. The minimum absolute atomic E-state index is 0.0147. The van der Waals surface area contributed by atoms with Crippen LogP contribution in [0.25, 0.3) is 11.3 Å². The SMILES string of the molecule is CCOC(=O)Cn1cc(-c2cc(N)ccc2Cl)nn1. The van der Waals surface area contributed by atoms with E-state index in [1.165, 1.54) is 4.68 Å². The summed E-state index contributed by atoms with van der Waals surface area (Å²) in [6, 6.07) is 5.10. The molecule has 1 heterocycles. The van der Waals surface area contributed by atoms with Gasteiger partial charge in [-0.15, -0.1) is 5.10 Å². The van der Waals surface area contributed by atoms with E-state index in [1.54, 1.807) is 31.3 Å². The molecule has 0 aliphatic carbocycles. The van der Waals surface area contributed by atoms with E-state index in [4.69, 9.17) is 22.1 Å². The van der Waals surface area contributed by atoms with Crippen molar-refractivity contribution in [2.45, 2.75) is 13.5 Å². The summed E-state index contributed by atoms with van der Waals surface area (Å²) in [7, 11) is 0. The van der Waals surface area contributed by atoms with Crippen molar-refractivity contribution >= 4 is 23.3 Å². The fourth-order valence-corrected chi connectivity index (χ4v) is 1.79. The minimum Gasteiger partial charge on any atom is -0.465 e. The first-order chi connectivity index (χ1) is 9.10. The van der Waals surface area contributed by atoms with Crippen molar-refractivity contribution in [1.82, 2.24) is 15.0 Å². The number of nitrogen functional groups attached to an aromatic ring is 1. The normalized spacial score (nSPS) is 10.4. The third-order valence-electron chi connectivity index (χ3n) is 2.40. The molecule has 6 nitrogen and oxygen atoms in total. The number of carbonyl (C=O) groups is 1. The molecule has 0 unspecified atom stereocenters. The van der Waals surface area contributed by atoms with Crippen molar-refractivity contribution in [2.24, 2.45) is 0 Å². The van der Waals surface area contributed by atoms with Gasteiger partial charge in [0.2, 0.25) is 0 Å². The van der Waals surface area contributed by atoms with Gasteiger partial charge in [-0.05, 0) is 25.1 Å². The first-order valence-corrected chi connectivity index (χ1v) is 6.09. The van der Waals surface area contributed by atoms with Gasteiger partial charge in [0.15, 0.2) is 0 Å². The highest BCUT2D eigenvalue weighted by molar-refractivity contribution is 6.33. The molecule has 0 amide bonds. The van der Waals surface area contributed by atoms with Crippen LogP contribution in [0.3, 0.4) is 0 Å². The molecule has 2 rings (SSSR count). The van der Waals surface area contributed by atoms with Crippen molar-refractivity contribution in [3.8, 4) is 11.3 Å². The Morgan fingerprint density at radius 2 is 2.32 bits per heavy atom. The summed E-state index contributed by atoms with van der Waals surface area (Å²) in [6.07, 6.45) is 1.62. The zero-order valence-corrected chi connectivity index (χ0v) is 11.1. The summed E-state index contributed by atoms with van der Waals surface area (Å²) in [5.74, 6) is -0.363. The minimum atomic E-state index is -0.363. The lowest BCUT2D eigenvalue weighted by Gasteiger charge is -2.01. The van der Waals surface area contributed by atoms with E-state index in [0.29, 0.717) is 28.6 Å². The lowest BCUT2D eigenvalue weighted by molar-refractivity contribution is -0.144. The number of hydrogen-bond acceptors (Lipinski definition) is 5. The summed E-state index contributed by atoms with van der Waals surface area (Å²) in [5.41, 5.74) is 7.52. The van der Waals surface area contributed by atoms with E-state index in [0.717, 1.165) is 0 Å². The molecule has 2 N–H and O–H groups in total. The van der Waals surface area contributed by atoms with Crippen LogP contribution in [0.4, 0.5) is 5.69 Å². The van der Waals surface area contributed by atoms with E-state index in [1.807, 2.05) is 0 Å². The Balaban J connectivity index is 2.21. The Morgan fingerprint density at radius 3 is 3.05 bits per heavy atom. The zero-order valence-electron chi connectivity index (χ0n) is 10.3. The van der Waals surface area contributed by atoms with Gasteiger partial charge in [-0.2, -0.15) is 0 Å². The molecule has 0 saturated heterocycles. The first-order valence-electron chi connectivity index (χ1n) is 5.71.